The minimum atomic E-state index is -0.404. The first-order valence-corrected chi connectivity index (χ1v) is 6.08. The van der Waals surface area contributed by atoms with Gasteiger partial charge in [0, 0.05) is 24.7 Å². The number of aliphatic hydroxyl groups excluding tert-OH is 1. The van der Waals surface area contributed by atoms with E-state index < -0.39 is 6.10 Å². The number of rotatable bonds is 2. The number of carbonyl (C=O) groups is 1. The Morgan fingerprint density at radius 3 is 2.53 bits per heavy atom. The number of aromatic hydroxyl groups is 2. The maximum Gasteiger partial charge on any atom is 0.254 e. The second kappa shape index (κ2) is 5.46. The van der Waals surface area contributed by atoms with Gasteiger partial charge in [-0.3, -0.25) is 4.79 Å². The molecule has 1 fully saturated rings. The molecular weight excluding hydrogens is 250 g/mol. The van der Waals surface area contributed by atoms with Crippen molar-refractivity contribution < 1.29 is 24.9 Å². The topological polar surface area (TPSA) is 90.2 Å². The molecule has 1 aliphatic heterocycles. The molecule has 0 saturated carbocycles. The van der Waals surface area contributed by atoms with Crippen LogP contribution >= 0.6 is 0 Å². The number of phenols is 2. The molecule has 2 rings (SSSR count). The van der Waals surface area contributed by atoms with Gasteiger partial charge >= 0.3 is 0 Å². The second-order valence-electron chi connectivity index (χ2n) is 4.70. The Hall–Kier alpha value is -1.79. The molecule has 1 saturated heterocycles. The van der Waals surface area contributed by atoms with E-state index in [0.29, 0.717) is 6.54 Å². The summed E-state index contributed by atoms with van der Waals surface area (Å²) in [7, 11) is 0. The van der Waals surface area contributed by atoms with E-state index in [1.165, 1.54) is 12.1 Å². The largest absolute Gasteiger partial charge is 0.508 e. The molecule has 0 bridgehead atoms. The summed E-state index contributed by atoms with van der Waals surface area (Å²) < 4.78 is 5.46. The smallest absolute Gasteiger partial charge is 0.254 e. The molecule has 3 N–H and O–H groups in total. The van der Waals surface area contributed by atoms with Crippen LogP contribution in [0.15, 0.2) is 18.2 Å². The lowest BCUT2D eigenvalue weighted by atomic mass is 10.1. The Bertz CT molecular complexity index is 456. The molecular formula is C13H17NO5. The molecule has 2 unspecified atom stereocenters. The second-order valence-corrected chi connectivity index (χ2v) is 4.70. The van der Waals surface area contributed by atoms with Crippen LogP contribution in [0, 0.1) is 0 Å². The van der Waals surface area contributed by atoms with Gasteiger partial charge in [0.25, 0.3) is 5.91 Å². The van der Waals surface area contributed by atoms with Crippen molar-refractivity contribution in [1.82, 2.24) is 4.90 Å². The summed E-state index contributed by atoms with van der Waals surface area (Å²) >= 11 is 0. The van der Waals surface area contributed by atoms with Crippen molar-refractivity contribution in [2.45, 2.75) is 19.1 Å². The van der Waals surface area contributed by atoms with Crippen LogP contribution in [0.25, 0.3) is 0 Å². The van der Waals surface area contributed by atoms with Crippen molar-refractivity contribution in [2.75, 3.05) is 19.7 Å². The standard InChI is InChI=1S/C13H17NO5/c1-8-5-14(6-12(7-15)19-8)13(18)9-2-10(16)4-11(17)3-9/h2-4,8,12,15-17H,5-7H2,1H3. The first-order valence-electron chi connectivity index (χ1n) is 6.08. The third-order valence-corrected chi connectivity index (χ3v) is 2.97. The molecule has 1 amide bonds. The van der Waals surface area contributed by atoms with Crippen LogP contribution < -0.4 is 0 Å². The van der Waals surface area contributed by atoms with E-state index in [0.717, 1.165) is 6.07 Å². The lowest BCUT2D eigenvalue weighted by Crippen LogP contribution is -2.50. The summed E-state index contributed by atoms with van der Waals surface area (Å²) in [6.07, 6.45) is -0.570. The zero-order valence-electron chi connectivity index (χ0n) is 10.6. The number of nitrogens with zero attached hydrogens (tertiary/aromatic N) is 1. The van der Waals surface area contributed by atoms with Crippen molar-refractivity contribution in [1.29, 1.82) is 0 Å². The third kappa shape index (κ3) is 3.15. The van der Waals surface area contributed by atoms with Gasteiger partial charge in [-0.1, -0.05) is 0 Å². The molecule has 1 aromatic carbocycles. The number of hydrogen-bond acceptors (Lipinski definition) is 5. The predicted molar refractivity (Wildman–Crippen MR) is 67.1 cm³/mol. The van der Waals surface area contributed by atoms with Crippen molar-refractivity contribution in [3.05, 3.63) is 23.8 Å². The Kier molecular flexibility index (Phi) is 3.92. The molecule has 1 aromatic rings. The molecule has 0 aliphatic carbocycles. The van der Waals surface area contributed by atoms with Crippen LogP contribution in [0.4, 0.5) is 0 Å². The van der Waals surface area contributed by atoms with Crippen LogP contribution in [0.2, 0.25) is 0 Å². The van der Waals surface area contributed by atoms with Gasteiger partial charge in [-0.15, -0.1) is 0 Å². The fourth-order valence-electron chi connectivity index (χ4n) is 2.21. The van der Waals surface area contributed by atoms with Crippen molar-refractivity contribution in [3.63, 3.8) is 0 Å². The Morgan fingerprint density at radius 1 is 1.32 bits per heavy atom. The molecule has 104 valence electrons. The molecule has 2 atom stereocenters. The predicted octanol–water partition coefficient (Wildman–Crippen LogP) is 0.320. The van der Waals surface area contributed by atoms with E-state index in [9.17, 15) is 15.0 Å². The number of morpholine rings is 1. The van der Waals surface area contributed by atoms with Crippen molar-refractivity contribution in [2.24, 2.45) is 0 Å². The maximum atomic E-state index is 12.3. The number of aliphatic hydroxyl groups is 1. The maximum absolute atomic E-state index is 12.3. The van der Waals surface area contributed by atoms with Crippen LogP contribution in [-0.4, -0.2) is 58.0 Å². The van der Waals surface area contributed by atoms with Gasteiger partial charge in [0.05, 0.1) is 18.8 Å². The highest BCUT2D eigenvalue weighted by Crippen LogP contribution is 2.22. The first-order chi connectivity index (χ1) is 8.99. The number of ether oxygens (including phenoxy) is 1. The highest BCUT2D eigenvalue weighted by Gasteiger charge is 2.28. The van der Waals surface area contributed by atoms with E-state index in [1.807, 2.05) is 6.92 Å². The summed E-state index contributed by atoms with van der Waals surface area (Å²) in [6.45, 7) is 2.36. The lowest BCUT2D eigenvalue weighted by molar-refractivity contribution is -0.0858. The minimum Gasteiger partial charge on any atom is -0.508 e. The van der Waals surface area contributed by atoms with Crippen LogP contribution in [0.1, 0.15) is 17.3 Å². The number of carbonyl (C=O) groups excluding carboxylic acids is 1. The molecule has 6 heteroatoms. The molecule has 1 aliphatic rings. The zero-order chi connectivity index (χ0) is 14.0. The summed E-state index contributed by atoms with van der Waals surface area (Å²) in [4.78, 5) is 13.8. The normalized spacial score (nSPS) is 23.4. The quantitative estimate of drug-likeness (QED) is 0.718. The molecule has 0 radical (unpaired) electrons. The Labute approximate surface area is 110 Å². The monoisotopic (exact) mass is 267 g/mol. The van der Waals surface area contributed by atoms with Crippen LogP contribution in [0.3, 0.4) is 0 Å². The summed E-state index contributed by atoms with van der Waals surface area (Å²) in [6, 6.07) is 3.77. The fraction of sp³-hybridized carbons (Fsp3) is 0.462. The van der Waals surface area contributed by atoms with E-state index >= 15 is 0 Å². The average Bonchev–Trinajstić information content (AvgIpc) is 2.35. The number of benzene rings is 1. The van der Waals surface area contributed by atoms with Gasteiger partial charge in [-0.05, 0) is 19.1 Å². The van der Waals surface area contributed by atoms with Crippen LogP contribution in [-0.2, 0) is 4.74 Å². The zero-order valence-corrected chi connectivity index (χ0v) is 10.6. The summed E-state index contributed by atoms with van der Waals surface area (Å²) in [5, 5.41) is 27.9. The SMILES string of the molecule is CC1CN(C(=O)c2cc(O)cc(O)c2)CC(CO)O1. The lowest BCUT2D eigenvalue weighted by Gasteiger charge is -2.36. The molecule has 0 aromatic heterocycles. The van der Waals surface area contributed by atoms with Gasteiger partial charge in [-0.2, -0.15) is 0 Å². The number of hydrogen-bond donors (Lipinski definition) is 3. The highest BCUT2D eigenvalue weighted by atomic mass is 16.5. The number of amides is 1. The van der Waals surface area contributed by atoms with Crippen LogP contribution in [0.5, 0.6) is 11.5 Å². The van der Waals surface area contributed by atoms with Crippen molar-refractivity contribution in [3.8, 4) is 11.5 Å². The Morgan fingerprint density at radius 2 is 1.95 bits per heavy atom. The summed E-state index contributed by atoms with van der Waals surface area (Å²) in [5.41, 5.74) is 0.211. The third-order valence-electron chi connectivity index (χ3n) is 2.97. The first kappa shape index (κ1) is 13.6. The van der Waals surface area contributed by atoms with Crippen molar-refractivity contribution >= 4 is 5.91 Å². The molecule has 0 spiro atoms. The Balaban J connectivity index is 2.18. The van der Waals surface area contributed by atoms with Gasteiger partial charge in [-0.25, -0.2) is 0 Å². The fourth-order valence-corrected chi connectivity index (χ4v) is 2.21. The molecule has 1 heterocycles. The van der Waals surface area contributed by atoms with E-state index in [4.69, 9.17) is 9.84 Å². The average molecular weight is 267 g/mol. The van der Waals surface area contributed by atoms with E-state index in [1.54, 1.807) is 4.90 Å². The molecule has 19 heavy (non-hydrogen) atoms. The minimum absolute atomic E-state index is 0.153. The van der Waals surface area contributed by atoms with Gasteiger partial charge in [0.1, 0.15) is 11.5 Å². The van der Waals surface area contributed by atoms with E-state index in [-0.39, 0.29) is 42.2 Å². The molecule has 6 nitrogen and oxygen atoms in total. The van der Waals surface area contributed by atoms with E-state index in [2.05, 4.69) is 0 Å². The number of phenolic OH excluding ortho intramolecular Hbond substituents is 2. The van der Waals surface area contributed by atoms with Gasteiger partial charge < -0.3 is 25.0 Å². The van der Waals surface area contributed by atoms with Gasteiger partial charge in [0.2, 0.25) is 0 Å². The van der Waals surface area contributed by atoms with Gasteiger partial charge in [0.15, 0.2) is 0 Å². The summed E-state index contributed by atoms with van der Waals surface area (Å²) in [5.74, 6) is -0.633. The highest BCUT2D eigenvalue weighted by molar-refractivity contribution is 5.95.